The van der Waals surface area contributed by atoms with Crippen molar-refractivity contribution >= 4 is 27.5 Å². The average Bonchev–Trinajstić information content (AvgIpc) is 3.53. The van der Waals surface area contributed by atoms with Crippen LogP contribution in [0.15, 0.2) is 35.2 Å². The van der Waals surface area contributed by atoms with Gasteiger partial charge in [-0.05, 0) is 73.7 Å². The van der Waals surface area contributed by atoms with Gasteiger partial charge in [0.2, 0.25) is 0 Å². The van der Waals surface area contributed by atoms with Crippen molar-refractivity contribution in [2.75, 3.05) is 38.1 Å². The fraction of sp³-hybridized carbons (Fsp3) is 0.481. The number of ketones is 1. The van der Waals surface area contributed by atoms with E-state index in [0.29, 0.717) is 30.7 Å². The van der Waals surface area contributed by atoms with Crippen molar-refractivity contribution in [3.05, 3.63) is 52.8 Å². The minimum absolute atomic E-state index is 0.0227. The third-order valence-electron chi connectivity index (χ3n) is 7.71. The molecule has 2 aromatic carbocycles. The Labute approximate surface area is 216 Å². The number of carbonyl (C=O) groups is 2. The van der Waals surface area contributed by atoms with Gasteiger partial charge in [-0.25, -0.2) is 17.6 Å². The van der Waals surface area contributed by atoms with Crippen molar-refractivity contribution in [2.45, 2.75) is 43.4 Å². The van der Waals surface area contributed by atoms with Crippen LogP contribution in [0.25, 0.3) is 0 Å². The molecule has 2 aliphatic heterocycles. The van der Waals surface area contributed by atoms with E-state index >= 15 is 0 Å². The number of esters is 1. The van der Waals surface area contributed by atoms with Gasteiger partial charge in [0, 0.05) is 24.8 Å². The second-order valence-corrected chi connectivity index (χ2v) is 11.7. The van der Waals surface area contributed by atoms with Crippen molar-refractivity contribution in [1.82, 2.24) is 4.90 Å². The Morgan fingerprint density at radius 2 is 2.05 bits per heavy atom. The SMILES string of the molecule is CCN1CC[C@H](C(=O)CCc2cc(F)ccc2S(=O)(=O)Nc2ccc3c(c2C(=O)OC)OCC2CC32)C1. The minimum atomic E-state index is -4.23. The molecule has 0 spiro atoms. The van der Waals surface area contributed by atoms with Crippen LogP contribution < -0.4 is 9.46 Å². The van der Waals surface area contributed by atoms with E-state index in [-0.39, 0.29) is 46.3 Å². The summed E-state index contributed by atoms with van der Waals surface area (Å²) < 4.78 is 54.4. The number of carbonyl (C=O) groups excluding carboxylic acids is 2. The third-order valence-corrected chi connectivity index (χ3v) is 9.18. The van der Waals surface area contributed by atoms with Crippen molar-refractivity contribution in [2.24, 2.45) is 11.8 Å². The fourth-order valence-electron chi connectivity index (χ4n) is 5.49. The van der Waals surface area contributed by atoms with E-state index in [1.807, 2.05) is 6.92 Å². The van der Waals surface area contributed by atoms with Gasteiger partial charge in [-0.1, -0.05) is 13.0 Å². The number of sulfonamides is 1. The zero-order chi connectivity index (χ0) is 26.3. The van der Waals surface area contributed by atoms with Crippen LogP contribution in [-0.4, -0.2) is 58.4 Å². The highest BCUT2D eigenvalue weighted by molar-refractivity contribution is 7.92. The molecular formula is C27H31FN2O6S. The van der Waals surface area contributed by atoms with Gasteiger partial charge in [-0.3, -0.25) is 9.52 Å². The standard InChI is InChI=1S/C27H31FN2O6S/c1-3-30-11-10-17(14-30)23(31)8-4-16-12-19(28)5-9-24(16)37(33,34)29-22-7-6-20-21-13-18(21)15-36-26(20)25(22)27(32)35-2/h5-7,9,12,17-18,21,29H,3-4,8,10-11,13-15H2,1-2H3/t17-,18?,21?/m0/s1. The predicted octanol–water partition coefficient (Wildman–Crippen LogP) is 3.75. The van der Waals surface area contributed by atoms with Gasteiger partial charge in [-0.2, -0.15) is 0 Å². The maximum atomic E-state index is 14.1. The number of methoxy groups -OCH3 is 1. The lowest BCUT2D eigenvalue weighted by Gasteiger charge is -2.22. The summed E-state index contributed by atoms with van der Waals surface area (Å²) in [6.07, 6.45) is 1.96. The predicted molar refractivity (Wildman–Crippen MR) is 135 cm³/mol. The highest BCUT2D eigenvalue weighted by Crippen LogP contribution is 2.55. The Hall–Kier alpha value is -2.98. The van der Waals surface area contributed by atoms with Gasteiger partial charge in [0.1, 0.15) is 22.9 Å². The van der Waals surface area contributed by atoms with Crippen molar-refractivity contribution in [3.8, 4) is 5.75 Å². The molecule has 0 radical (unpaired) electrons. The molecule has 1 saturated heterocycles. The number of nitrogens with one attached hydrogen (secondary N) is 1. The van der Waals surface area contributed by atoms with Crippen molar-refractivity contribution in [3.63, 3.8) is 0 Å². The Morgan fingerprint density at radius 3 is 2.78 bits per heavy atom. The van der Waals surface area contributed by atoms with Crippen LogP contribution in [0.1, 0.15) is 53.6 Å². The number of aryl methyl sites for hydroxylation is 1. The average molecular weight is 531 g/mol. The van der Waals surface area contributed by atoms with E-state index in [4.69, 9.17) is 9.47 Å². The lowest BCUT2D eigenvalue weighted by molar-refractivity contribution is -0.122. The largest absolute Gasteiger partial charge is 0.492 e. The second-order valence-electron chi connectivity index (χ2n) is 10.0. The van der Waals surface area contributed by atoms with Crippen molar-refractivity contribution < 1.29 is 31.9 Å². The van der Waals surface area contributed by atoms with E-state index < -0.39 is 21.8 Å². The van der Waals surface area contributed by atoms with Gasteiger partial charge in [0.15, 0.2) is 0 Å². The summed E-state index contributed by atoms with van der Waals surface area (Å²) in [5, 5.41) is 0. The van der Waals surface area contributed by atoms with Crippen LogP contribution in [0.4, 0.5) is 10.1 Å². The number of halogens is 1. The number of nitrogens with zero attached hydrogens (tertiary/aromatic N) is 1. The molecule has 2 heterocycles. The molecule has 0 bridgehead atoms. The van der Waals surface area contributed by atoms with Crippen LogP contribution in [0, 0.1) is 17.7 Å². The lowest BCUT2D eigenvalue weighted by atomic mass is 9.97. The summed E-state index contributed by atoms with van der Waals surface area (Å²) in [6.45, 7) is 4.95. The van der Waals surface area contributed by atoms with Crippen LogP contribution in [-0.2, 0) is 26.0 Å². The first-order valence-electron chi connectivity index (χ1n) is 12.7. The Morgan fingerprint density at radius 1 is 1.24 bits per heavy atom. The number of likely N-dealkylation sites (tertiary alicyclic amines) is 1. The van der Waals surface area contributed by atoms with Crippen molar-refractivity contribution in [1.29, 1.82) is 0 Å². The van der Waals surface area contributed by atoms with Crippen LogP contribution >= 0.6 is 0 Å². The maximum absolute atomic E-state index is 14.1. The van der Waals surface area contributed by atoms with E-state index in [1.165, 1.54) is 13.2 Å². The minimum Gasteiger partial charge on any atom is -0.492 e. The van der Waals surface area contributed by atoms with Crippen LogP contribution in [0.2, 0.25) is 0 Å². The lowest BCUT2D eigenvalue weighted by Crippen LogP contribution is -2.23. The topological polar surface area (TPSA) is 102 Å². The second kappa shape index (κ2) is 10.1. The smallest absolute Gasteiger partial charge is 0.343 e. The monoisotopic (exact) mass is 530 g/mol. The molecule has 0 amide bonds. The first-order chi connectivity index (χ1) is 17.7. The van der Waals surface area contributed by atoms with Gasteiger partial charge >= 0.3 is 5.97 Å². The maximum Gasteiger partial charge on any atom is 0.343 e. The molecule has 1 aliphatic carbocycles. The summed E-state index contributed by atoms with van der Waals surface area (Å²) in [5.41, 5.74) is 1.13. The Kier molecular flexibility index (Phi) is 6.97. The first kappa shape index (κ1) is 25.7. The Bertz CT molecular complexity index is 1340. The quantitative estimate of drug-likeness (QED) is 0.493. The molecule has 2 aromatic rings. The van der Waals surface area contributed by atoms with Gasteiger partial charge in [0.05, 0.1) is 24.3 Å². The number of anilines is 1. The normalized spacial score (nSPS) is 22.5. The van der Waals surface area contributed by atoms with E-state index in [9.17, 15) is 22.4 Å². The molecule has 10 heteroatoms. The molecule has 37 heavy (non-hydrogen) atoms. The summed E-state index contributed by atoms with van der Waals surface area (Å²) >= 11 is 0. The Balaban J connectivity index is 1.40. The summed E-state index contributed by atoms with van der Waals surface area (Å²) in [6, 6.07) is 6.72. The van der Waals surface area contributed by atoms with Gasteiger partial charge in [-0.15, -0.1) is 0 Å². The summed E-state index contributed by atoms with van der Waals surface area (Å²) in [5.74, 6) is -0.284. The molecule has 8 nitrogen and oxygen atoms in total. The molecule has 3 atom stereocenters. The number of ether oxygens (including phenoxy) is 2. The van der Waals surface area contributed by atoms with E-state index in [2.05, 4.69) is 9.62 Å². The zero-order valence-electron chi connectivity index (χ0n) is 21.0. The molecule has 0 aromatic heterocycles. The summed E-state index contributed by atoms with van der Waals surface area (Å²) in [7, 11) is -3.01. The molecule has 3 aliphatic rings. The molecule has 1 saturated carbocycles. The first-order valence-corrected chi connectivity index (χ1v) is 14.1. The molecule has 2 unspecified atom stereocenters. The summed E-state index contributed by atoms with van der Waals surface area (Å²) in [4.78, 5) is 27.5. The van der Waals surface area contributed by atoms with Gasteiger partial charge in [0.25, 0.3) is 10.0 Å². The third kappa shape index (κ3) is 5.09. The van der Waals surface area contributed by atoms with E-state index in [0.717, 1.165) is 43.6 Å². The molecule has 1 N–H and O–H groups in total. The highest BCUT2D eigenvalue weighted by Gasteiger charge is 2.45. The molecular weight excluding hydrogens is 499 g/mol. The van der Waals surface area contributed by atoms with Crippen LogP contribution in [0.5, 0.6) is 5.75 Å². The molecule has 198 valence electrons. The number of hydrogen-bond donors (Lipinski definition) is 1. The molecule has 2 fully saturated rings. The number of hydrogen-bond acceptors (Lipinski definition) is 7. The number of fused-ring (bicyclic) bond motifs is 3. The fourth-order valence-corrected chi connectivity index (χ4v) is 6.81. The number of rotatable bonds is 9. The zero-order valence-corrected chi connectivity index (χ0v) is 21.8. The number of benzene rings is 2. The molecule has 5 rings (SSSR count). The highest BCUT2D eigenvalue weighted by atomic mass is 32.2. The van der Waals surface area contributed by atoms with Crippen LogP contribution in [0.3, 0.4) is 0 Å². The van der Waals surface area contributed by atoms with Gasteiger partial charge < -0.3 is 14.4 Å². The number of Topliss-reactive ketones (excluding diaryl/α,β-unsaturated/α-hetero) is 1. The van der Waals surface area contributed by atoms with E-state index in [1.54, 1.807) is 12.1 Å².